The first kappa shape index (κ1) is 18.6. The molecule has 0 saturated carbocycles. The van der Waals surface area contributed by atoms with Gasteiger partial charge >= 0.3 is 5.97 Å². The molecule has 3 aromatic rings. The number of hydrogen-bond donors (Lipinski definition) is 0. The molecule has 1 aromatic heterocycles. The van der Waals surface area contributed by atoms with E-state index in [9.17, 15) is 9.59 Å². The van der Waals surface area contributed by atoms with Gasteiger partial charge in [0.1, 0.15) is 5.56 Å². The predicted molar refractivity (Wildman–Crippen MR) is 106 cm³/mol. The first-order valence-corrected chi connectivity index (χ1v) is 8.86. The van der Waals surface area contributed by atoms with Gasteiger partial charge in [0.05, 0.1) is 12.8 Å². The fraction of sp³-hybridized carbons (Fsp3) is 0.227. The molecule has 0 aliphatic carbocycles. The van der Waals surface area contributed by atoms with Crippen molar-refractivity contribution in [3.63, 3.8) is 0 Å². The number of aromatic nitrogens is 2. The number of ether oxygens (including phenoxy) is 1. The van der Waals surface area contributed by atoms with Gasteiger partial charge in [0.2, 0.25) is 0 Å². The van der Waals surface area contributed by atoms with Crippen LogP contribution in [-0.4, -0.2) is 22.9 Å². The highest BCUT2D eigenvalue weighted by Crippen LogP contribution is 2.23. The summed E-state index contributed by atoms with van der Waals surface area (Å²) < 4.78 is 6.11. The van der Waals surface area contributed by atoms with Gasteiger partial charge in [-0.05, 0) is 23.1 Å². The summed E-state index contributed by atoms with van der Waals surface area (Å²) in [5, 5.41) is 4.46. The van der Waals surface area contributed by atoms with Crippen LogP contribution in [-0.2, 0) is 11.3 Å². The molecule has 0 fully saturated rings. The summed E-state index contributed by atoms with van der Waals surface area (Å²) in [5.41, 5.74) is 3.17. The average Bonchev–Trinajstić information content (AvgIpc) is 2.69. The topological polar surface area (TPSA) is 61.2 Å². The highest BCUT2D eigenvalue weighted by atomic mass is 16.5. The Labute approximate surface area is 158 Å². The summed E-state index contributed by atoms with van der Waals surface area (Å²) in [6, 6.07) is 19.5. The Morgan fingerprint density at radius 3 is 2.19 bits per heavy atom. The van der Waals surface area contributed by atoms with Crippen molar-refractivity contribution in [2.75, 3.05) is 7.11 Å². The summed E-state index contributed by atoms with van der Waals surface area (Å²) in [6.45, 7) is 4.42. The van der Waals surface area contributed by atoms with Crippen LogP contribution in [0.15, 0.2) is 65.5 Å². The number of benzene rings is 2. The molecule has 0 bridgehead atoms. The Bertz CT molecular complexity index is 990. The fourth-order valence-electron chi connectivity index (χ4n) is 2.87. The summed E-state index contributed by atoms with van der Waals surface area (Å²) >= 11 is 0. The summed E-state index contributed by atoms with van der Waals surface area (Å²) in [6.07, 6.45) is 0. The third-order valence-corrected chi connectivity index (χ3v) is 4.21. The molecule has 0 N–H and O–H groups in total. The fourth-order valence-corrected chi connectivity index (χ4v) is 2.87. The lowest BCUT2D eigenvalue weighted by Gasteiger charge is -2.12. The summed E-state index contributed by atoms with van der Waals surface area (Å²) in [4.78, 5) is 24.6. The number of hydrogen-bond acceptors (Lipinski definition) is 4. The van der Waals surface area contributed by atoms with Crippen molar-refractivity contribution >= 4 is 5.97 Å². The minimum absolute atomic E-state index is 0.00436. The normalized spacial score (nSPS) is 10.8. The molecule has 0 aliphatic rings. The second-order valence-electron chi connectivity index (χ2n) is 6.76. The lowest BCUT2D eigenvalue weighted by molar-refractivity contribution is 0.0597. The maximum atomic E-state index is 12.5. The molecule has 0 saturated heterocycles. The van der Waals surface area contributed by atoms with Gasteiger partial charge in [0.15, 0.2) is 0 Å². The highest BCUT2D eigenvalue weighted by molar-refractivity contribution is 5.90. The van der Waals surface area contributed by atoms with E-state index in [1.165, 1.54) is 17.9 Å². The Morgan fingerprint density at radius 2 is 1.59 bits per heavy atom. The third kappa shape index (κ3) is 4.14. The van der Waals surface area contributed by atoms with Crippen molar-refractivity contribution in [2.45, 2.75) is 20.4 Å². The Hall–Kier alpha value is -3.21. The zero-order chi connectivity index (χ0) is 19.4. The van der Waals surface area contributed by atoms with Crippen LogP contribution in [0.3, 0.4) is 0 Å². The molecule has 0 radical (unpaired) electrons. The van der Waals surface area contributed by atoms with Crippen LogP contribution in [0, 0.1) is 5.92 Å². The van der Waals surface area contributed by atoms with Gasteiger partial charge in [0, 0.05) is 12.1 Å². The molecular weight excluding hydrogens is 340 g/mol. The zero-order valence-corrected chi connectivity index (χ0v) is 15.7. The molecule has 0 atom stereocenters. The summed E-state index contributed by atoms with van der Waals surface area (Å²) in [7, 11) is 1.27. The molecule has 0 unspecified atom stereocenters. The van der Waals surface area contributed by atoms with E-state index in [0.29, 0.717) is 12.2 Å². The van der Waals surface area contributed by atoms with Crippen LogP contribution in [0.4, 0.5) is 0 Å². The number of rotatable bonds is 5. The Kier molecular flexibility index (Phi) is 5.50. The van der Waals surface area contributed by atoms with Crippen molar-refractivity contribution in [3.05, 3.63) is 76.6 Å². The Morgan fingerprint density at radius 1 is 1.00 bits per heavy atom. The van der Waals surface area contributed by atoms with E-state index in [1.54, 1.807) is 0 Å². The van der Waals surface area contributed by atoms with Crippen LogP contribution >= 0.6 is 0 Å². The molecule has 0 aliphatic heterocycles. The lowest BCUT2D eigenvalue weighted by atomic mass is 10.0. The van der Waals surface area contributed by atoms with Gasteiger partial charge < -0.3 is 4.74 Å². The molecular formula is C22H22N2O3. The van der Waals surface area contributed by atoms with E-state index in [4.69, 9.17) is 4.74 Å². The smallest absolute Gasteiger partial charge is 0.343 e. The second-order valence-corrected chi connectivity index (χ2v) is 6.76. The minimum atomic E-state index is -0.651. The first-order chi connectivity index (χ1) is 13.0. The van der Waals surface area contributed by atoms with Gasteiger partial charge in [0.25, 0.3) is 5.56 Å². The van der Waals surface area contributed by atoms with Crippen molar-refractivity contribution in [1.82, 2.24) is 9.78 Å². The number of carbonyl (C=O) groups excluding carboxylic acids is 1. The van der Waals surface area contributed by atoms with Gasteiger partial charge in [-0.25, -0.2) is 9.48 Å². The van der Waals surface area contributed by atoms with Crippen molar-refractivity contribution in [2.24, 2.45) is 5.92 Å². The summed E-state index contributed by atoms with van der Waals surface area (Å²) in [5.74, 6) is -0.432. The maximum Gasteiger partial charge on any atom is 0.343 e. The molecule has 0 amide bonds. The molecule has 0 spiro atoms. The average molecular weight is 362 g/mol. The van der Waals surface area contributed by atoms with E-state index in [2.05, 4.69) is 5.10 Å². The van der Waals surface area contributed by atoms with Crippen LogP contribution < -0.4 is 5.56 Å². The second kappa shape index (κ2) is 7.99. The highest BCUT2D eigenvalue weighted by Gasteiger charge is 2.17. The van der Waals surface area contributed by atoms with E-state index in [-0.39, 0.29) is 11.5 Å². The van der Waals surface area contributed by atoms with E-state index >= 15 is 0 Å². The molecule has 1 heterocycles. The molecule has 2 aromatic carbocycles. The van der Waals surface area contributed by atoms with Crippen LogP contribution in [0.1, 0.15) is 24.2 Å². The zero-order valence-electron chi connectivity index (χ0n) is 15.7. The van der Waals surface area contributed by atoms with Crippen LogP contribution in [0.5, 0.6) is 0 Å². The predicted octanol–water partition coefficient (Wildman–Crippen LogP) is 4.02. The van der Waals surface area contributed by atoms with Gasteiger partial charge in [-0.2, -0.15) is 5.10 Å². The maximum absolute atomic E-state index is 12.5. The monoisotopic (exact) mass is 362 g/mol. The van der Waals surface area contributed by atoms with Gasteiger partial charge in [-0.3, -0.25) is 4.79 Å². The van der Waals surface area contributed by atoms with Crippen molar-refractivity contribution < 1.29 is 9.53 Å². The molecule has 5 nitrogen and oxygen atoms in total. The largest absolute Gasteiger partial charge is 0.465 e. The van der Waals surface area contributed by atoms with E-state index in [0.717, 1.165) is 16.7 Å². The lowest BCUT2D eigenvalue weighted by Crippen LogP contribution is -2.30. The van der Waals surface area contributed by atoms with E-state index < -0.39 is 11.5 Å². The van der Waals surface area contributed by atoms with Crippen LogP contribution in [0.25, 0.3) is 22.4 Å². The number of carbonyl (C=O) groups is 1. The SMILES string of the molecule is COC(=O)c1cc(-c2ccc(-c3ccccc3)cc2)nn(CC(C)C)c1=O. The third-order valence-electron chi connectivity index (χ3n) is 4.21. The van der Waals surface area contributed by atoms with Crippen LogP contribution in [0.2, 0.25) is 0 Å². The number of nitrogens with zero attached hydrogens (tertiary/aromatic N) is 2. The van der Waals surface area contributed by atoms with E-state index in [1.807, 2.05) is 68.4 Å². The minimum Gasteiger partial charge on any atom is -0.465 e. The quantitative estimate of drug-likeness (QED) is 0.643. The standard InChI is InChI=1S/C22H22N2O3/c1-15(2)14-24-21(25)19(22(26)27-3)13-20(23-24)18-11-9-17(10-12-18)16-7-5-4-6-8-16/h4-13,15H,14H2,1-3H3. The van der Waals surface area contributed by atoms with Gasteiger partial charge in [-0.1, -0.05) is 68.4 Å². The number of esters is 1. The van der Waals surface area contributed by atoms with Crippen molar-refractivity contribution in [1.29, 1.82) is 0 Å². The first-order valence-electron chi connectivity index (χ1n) is 8.86. The number of methoxy groups -OCH3 is 1. The van der Waals surface area contributed by atoms with Gasteiger partial charge in [-0.15, -0.1) is 0 Å². The Balaban J connectivity index is 2.05. The van der Waals surface area contributed by atoms with Crippen molar-refractivity contribution in [3.8, 4) is 22.4 Å². The molecule has 3 rings (SSSR count). The molecule has 27 heavy (non-hydrogen) atoms. The molecule has 138 valence electrons. The molecule has 5 heteroatoms.